The first kappa shape index (κ1) is 20.0. The van der Waals surface area contributed by atoms with Crippen LogP contribution in [0.1, 0.15) is 39.5 Å². The van der Waals surface area contributed by atoms with Gasteiger partial charge in [0.05, 0.1) is 30.0 Å². The number of hydrogen-bond acceptors (Lipinski definition) is 2. The topological polar surface area (TPSA) is 3.24 Å². The second kappa shape index (κ2) is 9.97. The summed E-state index contributed by atoms with van der Waals surface area (Å²) in [6.07, 6.45) is 4.49. The lowest BCUT2D eigenvalue weighted by atomic mass is 10.3. The molecule has 0 atom stereocenters. The highest BCUT2D eigenvalue weighted by Gasteiger charge is 2.21. The third kappa shape index (κ3) is 5.53. The van der Waals surface area contributed by atoms with Gasteiger partial charge in [0.1, 0.15) is 0 Å². The Bertz CT molecular complexity index is 444. The lowest BCUT2D eigenvalue weighted by Crippen LogP contribution is -2.18. The van der Waals surface area contributed by atoms with E-state index in [-0.39, 0.29) is 15.1 Å². The molecule has 1 rings (SSSR count). The van der Waals surface area contributed by atoms with Crippen molar-refractivity contribution in [1.82, 2.24) is 4.31 Å². The molecule has 120 valence electrons. The number of benzene rings is 1. The van der Waals surface area contributed by atoms with E-state index in [2.05, 4.69) is 18.2 Å². The molecular formula is C14H18Cl5NS. The summed E-state index contributed by atoms with van der Waals surface area (Å²) in [4.78, 5) is 0.671. The second-order valence-electron chi connectivity index (χ2n) is 4.63. The van der Waals surface area contributed by atoms with Gasteiger partial charge in [-0.05, 0) is 24.8 Å². The van der Waals surface area contributed by atoms with Crippen LogP contribution in [-0.4, -0.2) is 17.4 Å². The number of hydrogen-bond donors (Lipinski definition) is 0. The smallest absolute Gasteiger partial charge is 0.0809 e. The molecule has 0 unspecified atom stereocenters. The molecule has 0 bridgehead atoms. The van der Waals surface area contributed by atoms with E-state index in [0.29, 0.717) is 14.9 Å². The average molecular weight is 410 g/mol. The maximum absolute atomic E-state index is 6.28. The minimum Gasteiger partial charge on any atom is -0.246 e. The third-order valence-electron chi connectivity index (χ3n) is 2.91. The number of rotatable bonds is 8. The number of nitrogens with zero attached hydrogens (tertiary/aromatic N) is 1. The van der Waals surface area contributed by atoms with E-state index in [1.807, 2.05) is 0 Å². The molecule has 0 amide bonds. The van der Waals surface area contributed by atoms with Crippen LogP contribution in [0.15, 0.2) is 4.90 Å². The quantitative estimate of drug-likeness (QED) is 0.244. The summed E-state index contributed by atoms with van der Waals surface area (Å²) in [5.74, 6) is 0. The van der Waals surface area contributed by atoms with E-state index >= 15 is 0 Å². The molecule has 0 aliphatic heterocycles. The molecule has 0 fully saturated rings. The normalized spacial score (nSPS) is 11.4. The number of halogens is 5. The SMILES string of the molecule is CCCCN(CCCC)Sc1c(Cl)c(Cl)c(Cl)c(Cl)c1Cl. The van der Waals surface area contributed by atoms with Crippen molar-refractivity contribution in [2.24, 2.45) is 0 Å². The summed E-state index contributed by atoms with van der Waals surface area (Å²) in [7, 11) is 0. The minimum absolute atomic E-state index is 0.200. The number of unbranched alkanes of at least 4 members (excludes halogenated alkanes) is 2. The van der Waals surface area contributed by atoms with Crippen LogP contribution in [0.4, 0.5) is 0 Å². The summed E-state index contributed by atoms with van der Waals surface area (Å²) < 4.78 is 2.25. The van der Waals surface area contributed by atoms with Gasteiger partial charge in [0.2, 0.25) is 0 Å². The van der Waals surface area contributed by atoms with E-state index in [1.165, 1.54) is 11.9 Å². The Hall–Kier alpha value is 0.980. The monoisotopic (exact) mass is 407 g/mol. The van der Waals surface area contributed by atoms with Gasteiger partial charge in [0.15, 0.2) is 0 Å². The first-order chi connectivity index (χ1) is 9.93. The van der Waals surface area contributed by atoms with Crippen LogP contribution >= 0.6 is 70.0 Å². The fourth-order valence-electron chi connectivity index (χ4n) is 1.67. The van der Waals surface area contributed by atoms with E-state index < -0.39 is 0 Å². The van der Waals surface area contributed by atoms with Gasteiger partial charge in [-0.15, -0.1) is 0 Å². The molecule has 0 aliphatic rings. The van der Waals surface area contributed by atoms with Gasteiger partial charge in [0, 0.05) is 13.1 Å². The first-order valence-corrected chi connectivity index (χ1v) is 9.54. The average Bonchev–Trinajstić information content (AvgIpc) is 2.49. The molecule has 0 aliphatic carbocycles. The highest BCUT2D eigenvalue weighted by atomic mass is 35.5. The Morgan fingerprint density at radius 3 is 1.48 bits per heavy atom. The Kier molecular flexibility index (Phi) is 9.51. The summed E-state index contributed by atoms with van der Waals surface area (Å²) in [5.41, 5.74) is 0. The van der Waals surface area contributed by atoms with Gasteiger partial charge < -0.3 is 0 Å². The van der Waals surface area contributed by atoms with Crippen LogP contribution in [0.2, 0.25) is 25.1 Å². The van der Waals surface area contributed by atoms with E-state index in [0.717, 1.165) is 38.8 Å². The lowest BCUT2D eigenvalue weighted by molar-refractivity contribution is 0.444. The van der Waals surface area contributed by atoms with E-state index in [4.69, 9.17) is 58.0 Å². The molecule has 0 aromatic heterocycles. The van der Waals surface area contributed by atoms with Gasteiger partial charge >= 0.3 is 0 Å². The zero-order chi connectivity index (χ0) is 16.0. The molecular weight excluding hydrogens is 391 g/mol. The Labute approximate surface area is 156 Å². The highest BCUT2D eigenvalue weighted by molar-refractivity contribution is 7.97. The van der Waals surface area contributed by atoms with E-state index in [9.17, 15) is 0 Å². The van der Waals surface area contributed by atoms with Crippen molar-refractivity contribution < 1.29 is 0 Å². The van der Waals surface area contributed by atoms with Crippen LogP contribution in [-0.2, 0) is 0 Å². The molecule has 1 aromatic carbocycles. The van der Waals surface area contributed by atoms with Crippen molar-refractivity contribution in [1.29, 1.82) is 0 Å². The first-order valence-electron chi connectivity index (χ1n) is 6.88. The van der Waals surface area contributed by atoms with Crippen LogP contribution in [0.3, 0.4) is 0 Å². The summed E-state index contributed by atoms with van der Waals surface area (Å²) in [5, 5.41) is 1.42. The second-order valence-corrected chi connectivity index (χ2v) is 7.62. The Morgan fingerprint density at radius 2 is 1.10 bits per heavy atom. The van der Waals surface area contributed by atoms with Gasteiger partial charge in [-0.25, -0.2) is 4.31 Å². The van der Waals surface area contributed by atoms with Crippen molar-refractivity contribution in [3.05, 3.63) is 25.1 Å². The predicted octanol–water partition coefficient (Wildman–Crippen LogP) is 7.86. The molecule has 7 heteroatoms. The molecule has 1 nitrogen and oxygen atoms in total. The van der Waals surface area contributed by atoms with Crippen molar-refractivity contribution in [2.75, 3.05) is 13.1 Å². The highest BCUT2D eigenvalue weighted by Crippen LogP contribution is 2.48. The van der Waals surface area contributed by atoms with Gasteiger partial charge in [0.25, 0.3) is 0 Å². The maximum atomic E-state index is 6.28. The summed E-state index contributed by atoms with van der Waals surface area (Å²) in [6, 6.07) is 0. The minimum atomic E-state index is 0.200. The van der Waals surface area contributed by atoms with Crippen molar-refractivity contribution >= 4 is 70.0 Å². The zero-order valence-electron chi connectivity index (χ0n) is 12.0. The van der Waals surface area contributed by atoms with Crippen LogP contribution in [0.5, 0.6) is 0 Å². The fraction of sp³-hybridized carbons (Fsp3) is 0.571. The molecule has 1 aromatic rings. The van der Waals surface area contributed by atoms with Crippen molar-refractivity contribution in [2.45, 2.75) is 44.4 Å². The fourth-order valence-corrected chi connectivity index (χ4v) is 4.19. The Balaban J connectivity index is 3.02. The summed E-state index contributed by atoms with van der Waals surface area (Å²) in [6.45, 7) is 6.26. The molecule has 0 N–H and O–H groups in total. The zero-order valence-corrected chi connectivity index (χ0v) is 16.6. The lowest BCUT2D eigenvalue weighted by Gasteiger charge is -2.22. The van der Waals surface area contributed by atoms with Crippen LogP contribution < -0.4 is 0 Å². The molecule has 0 radical (unpaired) electrons. The van der Waals surface area contributed by atoms with Crippen molar-refractivity contribution in [3.8, 4) is 0 Å². The van der Waals surface area contributed by atoms with Gasteiger partial charge in [-0.1, -0.05) is 84.7 Å². The standard InChI is InChI=1S/C14H18Cl5NS/c1-3-5-7-20(8-6-4-2)21-14-12(18)10(16)9(15)11(17)13(14)19/h3-8H2,1-2H3. The predicted molar refractivity (Wildman–Crippen MR) is 98.7 cm³/mol. The van der Waals surface area contributed by atoms with Crippen LogP contribution in [0.25, 0.3) is 0 Å². The molecule has 0 spiro atoms. The molecule has 0 saturated heterocycles. The molecule has 21 heavy (non-hydrogen) atoms. The van der Waals surface area contributed by atoms with E-state index in [1.54, 1.807) is 0 Å². The third-order valence-corrected chi connectivity index (χ3v) is 6.63. The van der Waals surface area contributed by atoms with Crippen molar-refractivity contribution in [3.63, 3.8) is 0 Å². The largest absolute Gasteiger partial charge is 0.246 e. The van der Waals surface area contributed by atoms with Gasteiger partial charge in [-0.3, -0.25) is 0 Å². The summed E-state index contributed by atoms with van der Waals surface area (Å²) >= 11 is 32.3. The van der Waals surface area contributed by atoms with Crippen LogP contribution in [0, 0.1) is 0 Å². The maximum Gasteiger partial charge on any atom is 0.0809 e. The van der Waals surface area contributed by atoms with Gasteiger partial charge in [-0.2, -0.15) is 0 Å². The molecule has 0 heterocycles. The Morgan fingerprint density at radius 1 is 0.714 bits per heavy atom. The molecule has 0 saturated carbocycles.